The summed E-state index contributed by atoms with van der Waals surface area (Å²) < 4.78 is 7.19. The van der Waals surface area contributed by atoms with Crippen LogP contribution >= 0.6 is 0 Å². The van der Waals surface area contributed by atoms with Crippen LogP contribution < -0.4 is 9.64 Å². The second kappa shape index (κ2) is 5.44. The maximum atomic E-state index is 5.18. The number of hydrogen-bond acceptors (Lipinski definition) is 4. The van der Waals surface area contributed by atoms with Gasteiger partial charge in [-0.25, -0.2) is 9.97 Å². The van der Waals surface area contributed by atoms with Crippen molar-refractivity contribution in [3.05, 3.63) is 48.2 Å². The number of anilines is 1. The van der Waals surface area contributed by atoms with E-state index in [1.54, 1.807) is 13.3 Å². The summed E-state index contributed by atoms with van der Waals surface area (Å²) in [5, 5.41) is 0. The van der Waals surface area contributed by atoms with Gasteiger partial charge in [-0.1, -0.05) is 12.1 Å². The fourth-order valence-electron chi connectivity index (χ4n) is 2.43. The summed E-state index contributed by atoms with van der Waals surface area (Å²) in [6.07, 6.45) is 1.79. The number of aromatic nitrogens is 3. The van der Waals surface area contributed by atoms with Gasteiger partial charge in [-0.05, 0) is 29.8 Å². The van der Waals surface area contributed by atoms with Gasteiger partial charge in [0.1, 0.15) is 11.3 Å². The van der Waals surface area contributed by atoms with Gasteiger partial charge >= 0.3 is 0 Å². The van der Waals surface area contributed by atoms with Crippen LogP contribution in [0.15, 0.2) is 42.6 Å². The number of nitrogens with zero attached hydrogens (tertiary/aromatic N) is 4. The number of hydrogen-bond donors (Lipinski definition) is 0. The smallest absolute Gasteiger partial charge is 0.207 e. The van der Waals surface area contributed by atoms with E-state index in [0.717, 1.165) is 29.4 Å². The number of benzene rings is 1. The fourth-order valence-corrected chi connectivity index (χ4v) is 2.43. The van der Waals surface area contributed by atoms with E-state index in [0.29, 0.717) is 0 Å². The Balaban J connectivity index is 1.86. The maximum Gasteiger partial charge on any atom is 0.207 e. The average Bonchev–Trinajstić information content (AvgIpc) is 2.86. The minimum atomic E-state index is 0.779. The van der Waals surface area contributed by atoms with Crippen LogP contribution in [0.1, 0.15) is 5.56 Å². The van der Waals surface area contributed by atoms with Crippen LogP contribution in [0.4, 0.5) is 5.95 Å². The van der Waals surface area contributed by atoms with E-state index in [1.165, 1.54) is 5.56 Å². The van der Waals surface area contributed by atoms with Crippen molar-refractivity contribution in [2.45, 2.75) is 6.54 Å². The molecule has 3 rings (SSSR count). The van der Waals surface area contributed by atoms with Crippen molar-refractivity contribution in [2.24, 2.45) is 7.05 Å². The van der Waals surface area contributed by atoms with Gasteiger partial charge in [0.05, 0.1) is 7.11 Å². The molecular weight excluding hydrogens is 264 g/mol. The molecule has 0 bridgehead atoms. The molecule has 0 aliphatic rings. The van der Waals surface area contributed by atoms with Crippen LogP contribution in [0.3, 0.4) is 0 Å². The number of pyridine rings is 1. The highest BCUT2D eigenvalue weighted by atomic mass is 16.5. The predicted octanol–water partition coefficient (Wildman–Crippen LogP) is 2.61. The van der Waals surface area contributed by atoms with Crippen LogP contribution in [0, 0.1) is 0 Å². The standard InChI is InChI=1S/C16H18N4O/c1-19(11-12-6-8-13(21-3)9-7-12)16-18-14-5-4-10-17-15(14)20(16)2/h4-10H,11H2,1-3H3. The maximum absolute atomic E-state index is 5.18. The molecule has 0 fully saturated rings. The largest absolute Gasteiger partial charge is 0.497 e. The lowest BCUT2D eigenvalue weighted by atomic mass is 10.2. The van der Waals surface area contributed by atoms with E-state index in [2.05, 4.69) is 27.0 Å². The van der Waals surface area contributed by atoms with E-state index in [9.17, 15) is 0 Å². The topological polar surface area (TPSA) is 43.2 Å². The number of fused-ring (bicyclic) bond motifs is 1. The molecule has 0 saturated carbocycles. The molecule has 2 aromatic heterocycles. The van der Waals surface area contributed by atoms with Gasteiger partial charge in [0.25, 0.3) is 0 Å². The molecule has 1 aromatic carbocycles. The lowest BCUT2D eigenvalue weighted by molar-refractivity contribution is 0.414. The summed E-state index contributed by atoms with van der Waals surface area (Å²) in [4.78, 5) is 11.1. The van der Waals surface area contributed by atoms with Crippen molar-refractivity contribution in [3.63, 3.8) is 0 Å². The van der Waals surface area contributed by atoms with Crippen LogP contribution in [-0.2, 0) is 13.6 Å². The SMILES string of the molecule is COc1ccc(CN(C)c2nc3cccnc3n2C)cc1. The first-order valence-electron chi connectivity index (χ1n) is 6.80. The number of rotatable bonds is 4. The third kappa shape index (κ3) is 2.54. The highest BCUT2D eigenvalue weighted by Gasteiger charge is 2.12. The molecule has 2 heterocycles. The van der Waals surface area contributed by atoms with Gasteiger partial charge in [0.2, 0.25) is 5.95 Å². The lowest BCUT2D eigenvalue weighted by Crippen LogP contribution is -2.20. The van der Waals surface area contributed by atoms with Gasteiger partial charge in [-0.15, -0.1) is 0 Å². The van der Waals surface area contributed by atoms with Crippen molar-refractivity contribution in [3.8, 4) is 5.75 Å². The third-order valence-corrected chi connectivity index (χ3v) is 3.52. The van der Waals surface area contributed by atoms with E-state index >= 15 is 0 Å². The summed E-state index contributed by atoms with van der Waals surface area (Å²) in [6, 6.07) is 12.0. The van der Waals surface area contributed by atoms with Gasteiger partial charge in [0.15, 0.2) is 5.65 Å². The summed E-state index contributed by atoms with van der Waals surface area (Å²) in [5.74, 6) is 1.77. The Hall–Kier alpha value is -2.56. The molecular formula is C16H18N4O. The number of methoxy groups -OCH3 is 1. The van der Waals surface area contributed by atoms with Crippen molar-refractivity contribution < 1.29 is 4.74 Å². The zero-order valence-electron chi connectivity index (χ0n) is 12.4. The molecule has 0 aliphatic heterocycles. The summed E-state index contributed by atoms with van der Waals surface area (Å²) in [6.45, 7) is 0.779. The molecule has 0 atom stereocenters. The van der Waals surface area contributed by atoms with E-state index in [-0.39, 0.29) is 0 Å². The Morgan fingerprint density at radius 1 is 1.19 bits per heavy atom. The monoisotopic (exact) mass is 282 g/mol. The summed E-state index contributed by atoms with van der Waals surface area (Å²) in [7, 11) is 5.70. The molecule has 3 aromatic rings. The van der Waals surface area contributed by atoms with Crippen LogP contribution in [0.5, 0.6) is 5.75 Å². The Bertz CT molecular complexity index is 749. The number of aryl methyl sites for hydroxylation is 1. The fraction of sp³-hybridized carbons (Fsp3) is 0.250. The molecule has 108 valence electrons. The molecule has 0 N–H and O–H groups in total. The van der Waals surface area contributed by atoms with Crippen molar-refractivity contribution >= 4 is 17.1 Å². The lowest BCUT2D eigenvalue weighted by Gasteiger charge is -2.18. The zero-order valence-corrected chi connectivity index (χ0v) is 12.4. The first kappa shape index (κ1) is 13.4. The summed E-state index contributed by atoms with van der Waals surface area (Å²) >= 11 is 0. The highest BCUT2D eigenvalue weighted by Crippen LogP contribution is 2.20. The van der Waals surface area contributed by atoms with Crippen LogP contribution in [0.2, 0.25) is 0 Å². The minimum Gasteiger partial charge on any atom is -0.497 e. The highest BCUT2D eigenvalue weighted by molar-refractivity contribution is 5.74. The molecule has 5 nitrogen and oxygen atoms in total. The van der Waals surface area contributed by atoms with Gasteiger partial charge in [-0.2, -0.15) is 0 Å². The van der Waals surface area contributed by atoms with E-state index in [4.69, 9.17) is 4.74 Å². The Labute approximate surface area is 123 Å². The molecule has 0 amide bonds. The van der Waals surface area contributed by atoms with Gasteiger partial charge in [-0.3, -0.25) is 4.57 Å². The second-order valence-corrected chi connectivity index (χ2v) is 5.02. The number of ether oxygens (including phenoxy) is 1. The van der Waals surface area contributed by atoms with E-state index in [1.807, 2.05) is 42.9 Å². The van der Waals surface area contributed by atoms with Crippen molar-refractivity contribution in [1.29, 1.82) is 0 Å². The van der Waals surface area contributed by atoms with Crippen molar-refractivity contribution in [1.82, 2.24) is 14.5 Å². The van der Waals surface area contributed by atoms with E-state index < -0.39 is 0 Å². The minimum absolute atomic E-state index is 0.779. The Morgan fingerprint density at radius 2 is 1.95 bits per heavy atom. The molecule has 5 heteroatoms. The third-order valence-electron chi connectivity index (χ3n) is 3.52. The van der Waals surface area contributed by atoms with Crippen molar-refractivity contribution in [2.75, 3.05) is 19.1 Å². The quantitative estimate of drug-likeness (QED) is 0.738. The molecule has 21 heavy (non-hydrogen) atoms. The second-order valence-electron chi connectivity index (χ2n) is 5.02. The zero-order chi connectivity index (χ0) is 14.8. The normalized spacial score (nSPS) is 10.8. The summed E-state index contributed by atoms with van der Waals surface area (Å²) in [5.41, 5.74) is 3.02. The first-order chi connectivity index (χ1) is 10.2. The molecule has 0 radical (unpaired) electrons. The number of imidazole rings is 1. The molecule has 0 spiro atoms. The van der Waals surface area contributed by atoms with Crippen LogP contribution in [-0.4, -0.2) is 28.7 Å². The Morgan fingerprint density at radius 3 is 2.62 bits per heavy atom. The predicted molar refractivity (Wildman–Crippen MR) is 83.6 cm³/mol. The molecule has 0 saturated heterocycles. The molecule has 0 aliphatic carbocycles. The average molecular weight is 282 g/mol. The first-order valence-corrected chi connectivity index (χ1v) is 6.80. The molecule has 0 unspecified atom stereocenters. The van der Waals surface area contributed by atoms with Crippen LogP contribution in [0.25, 0.3) is 11.2 Å². The van der Waals surface area contributed by atoms with Gasteiger partial charge in [0, 0.05) is 26.8 Å². The van der Waals surface area contributed by atoms with Gasteiger partial charge < -0.3 is 9.64 Å². The Kier molecular flexibility index (Phi) is 3.48.